The molecule has 0 aliphatic carbocycles. The summed E-state index contributed by atoms with van der Waals surface area (Å²) in [4.78, 5) is 24.7. The molecule has 2 aromatic carbocycles. The predicted molar refractivity (Wildman–Crippen MR) is 124 cm³/mol. The van der Waals surface area contributed by atoms with Crippen molar-refractivity contribution in [2.45, 2.75) is 19.0 Å². The van der Waals surface area contributed by atoms with Gasteiger partial charge >= 0.3 is 0 Å². The first-order valence-electron chi connectivity index (χ1n) is 11.0. The van der Waals surface area contributed by atoms with Crippen LogP contribution in [0, 0.1) is 0 Å². The highest BCUT2D eigenvalue weighted by Gasteiger charge is 2.32. The molecule has 0 spiro atoms. The molecule has 3 aromatic rings. The maximum atomic E-state index is 13.2. The number of amides is 1. The maximum Gasteiger partial charge on any atom is 0.254 e. The van der Waals surface area contributed by atoms with E-state index < -0.39 is 0 Å². The number of carbonyl (C=O) groups is 1. The molecule has 1 atom stereocenters. The summed E-state index contributed by atoms with van der Waals surface area (Å²) in [5.74, 6) is 0.127. The number of hydrogen-bond donors (Lipinski definition) is 0. The highest BCUT2D eigenvalue weighted by atomic mass is 35.5. The maximum absolute atomic E-state index is 13.2. The molecule has 0 radical (unpaired) electrons. The van der Waals surface area contributed by atoms with Crippen molar-refractivity contribution in [2.75, 3.05) is 39.3 Å². The SMILES string of the molecule is O=C(c1ccnc2ccccc12)N1CC[C@@H](N2CCN(Cc3ccc(Cl)cc3)CC2)C1. The van der Waals surface area contributed by atoms with Crippen LogP contribution in [0.25, 0.3) is 10.9 Å². The molecule has 0 unspecified atom stereocenters. The van der Waals surface area contributed by atoms with Crippen LogP contribution in [0.4, 0.5) is 0 Å². The lowest BCUT2D eigenvalue weighted by Gasteiger charge is -2.38. The van der Waals surface area contributed by atoms with Gasteiger partial charge in [0.2, 0.25) is 0 Å². The van der Waals surface area contributed by atoms with Crippen molar-refractivity contribution >= 4 is 28.4 Å². The molecule has 2 saturated heterocycles. The molecule has 2 aliphatic rings. The number of hydrogen-bond acceptors (Lipinski definition) is 4. The summed E-state index contributed by atoms with van der Waals surface area (Å²) in [6.45, 7) is 6.83. The Morgan fingerprint density at radius 3 is 2.55 bits per heavy atom. The van der Waals surface area contributed by atoms with Crippen molar-refractivity contribution < 1.29 is 4.79 Å². The van der Waals surface area contributed by atoms with E-state index in [1.54, 1.807) is 6.20 Å². The second kappa shape index (κ2) is 8.95. The summed E-state index contributed by atoms with van der Waals surface area (Å²) in [7, 11) is 0. The van der Waals surface area contributed by atoms with Crippen LogP contribution < -0.4 is 0 Å². The number of para-hydroxylation sites is 1. The summed E-state index contributed by atoms with van der Waals surface area (Å²) < 4.78 is 0. The van der Waals surface area contributed by atoms with Gasteiger partial charge in [-0.3, -0.25) is 19.6 Å². The molecule has 6 heteroatoms. The quantitative estimate of drug-likeness (QED) is 0.624. The van der Waals surface area contributed by atoms with E-state index in [-0.39, 0.29) is 5.91 Å². The molecule has 2 aliphatic heterocycles. The van der Waals surface area contributed by atoms with Crippen molar-refractivity contribution in [2.24, 2.45) is 0 Å². The largest absolute Gasteiger partial charge is 0.337 e. The smallest absolute Gasteiger partial charge is 0.254 e. The van der Waals surface area contributed by atoms with E-state index >= 15 is 0 Å². The molecule has 5 rings (SSSR count). The van der Waals surface area contributed by atoms with Gasteiger partial charge < -0.3 is 4.90 Å². The van der Waals surface area contributed by atoms with Gasteiger partial charge in [0, 0.05) is 68.5 Å². The second-order valence-corrected chi connectivity index (χ2v) is 8.94. The van der Waals surface area contributed by atoms with Gasteiger partial charge in [-0.1, -0.05) is 41.9 Å². The van der Waals surface area contributed by atoms with Crippen LogP contribution in [0.2, 0.25) is 5.02 Å². The topological polar surface area (TPSA) is 39.7 Å². The van der Waals surface area contributed by atoms with Crippen molar-refractivity contribution in [1.82, 2.24) is 19.7 Å². The van der Waals surface area contributed by atoms with E-state index in [1.807, 2.05) is 47.4 Å². The normalized spacial score (nSPS) is 20.4. The number of likely N-dealkylation sites (tertiary alicyclic amines) is 1. The van der Waals surface area contributed by atoms with Gasteiger partial charge in [-0.2, -0.15) is 0 Å². The Bertz CT molecular complexity index is 1060. The molecule has 31 heavy (non-hydrogen) atoms. The van der Waals surface area contributed by atoms with E-state index in [2.05, 4.69) is 26.9 Å². The zero-order valence-corrected chi connectivity index (χ0v) is 18.3. The fourth-order valence-corrected chi connectivity index (χ4v) is 4.94. The Morgan fingerprint density at radius 1 is 0.968 bits per heavy atom. The van der Waals surface area contributed by atoms with Crippen LogP contribution in [-0.2, 0) is 6.54 Å². The van der Waals surface area contributed by atoms with Crippen LogP contribution >= 0.6 is 11.6 Å². The van der Waals surface area contributed by atoms with Gasteiger partial charge in [0.05, 0.1) is 11.1 Å². The van der Waals surface area contributed by atoms with E-state index in [9.17, 15) is 4.79 Å². The van der Waals surface area contributed by atoms with Gasteiger partial charge in [-0.25, -0.2) is 0 Å². The molecule has 0 N–H and O–H groups in total. The standard InChI is InChI=1S/C25H27ClN4O/c26-20-7-5-19(6-8-20)17-28-13-15-29(16-14-28)21-10-12-30(18-21)25(31)23-9-11-27-24-4-2-1-3-22(23)24/h1-9,11,21H,10,12-18H2/t21-/m1/s1. The summed E-state index contributed by atoms with van der Waals surface area (Å²) >= 11 is 6.00. The highest BCUT2D eigenvalue weighted by Crippen LogP contribution is 2.23. The molecule has 5 nitrogen and oxygen atoms in total. The van der Waals surface area contributed by atoms with Crippen molar-refractivity contribution in [3.8, 4) is 0 Å². The van der Waals surface area contributed by atoms with Crippen LogP contribution in [-0.4, -0.2) is 70.9 Å². The van der Waals surface area contributed by atoms with E-state index in [4.69, 9.17) is 11.6 Å². The Balaban J connectivity index is 1.17. The van der Waals surface area contributed by atoms with Crippen molar-refractivity contribution in [3.63, 3.8) is 0 Å². The molecular weight excluding hydrogens is 408 g/mol. The molecule has 1 aromatic heterocycles. The molecule has 2 fully saturated rings. The third kappa shape index (κ3) is 4.45. The lowest BCUT2D eigenvalue weighted by atomic mass is 10.1. The predicted octanol–water partition coefficient (Wildman–Crippen LogP) is 3.92. The molecule has 0 saturated carbocycles. The number of pyridine rings is 1. The Labute approximate surface area is 188 Å². The summed E-state index contributed by atoms with van der Waals surface area (Å²) in [5, 5.41) is 1.72. The fraction of sp³-hybridized carbons (Fsp3) is 0.360. The summed E-state index contributed by atoms with van der Waals surface area (Å²) in [5.41, 5.74) is 2.94. The zero-order valence-electron chi connectivity index (χ0n) is 17.6. The van der Waals surface area contributed by atoms with Crippen LogP contribution in [0.1, 0.15) is 22.3 Å². The number of carbonyl (C=O) groups excluding carboxylic acids is 1. The molecule has 1 amide bonds. The van der Waals surface area contributed by atoms with E-state index in [1.165, 1.54) is 5.56 Å². The number of benzene rings is 2. The monoisotopic (exact) mass is 434 g/mol. The summed E-state index contributed by atoms with van der Waals surface area (Å²) in [6.07, 6.45) is 2.79. The summed E-state index contributed by atoms with van der Waals surface area (Å²) in [6, 6.07) is 18.3. The molecular formula is C25H27ClN4O. The van der Waals surface area contributed by atoms with Crippen LogP contribution in [0.15, 0.2) is 60.8 Å². The van der Waals surface area contributed by atoms with Crippen molar-refractivity contribution in [3.05, 3.63) is 76.9 Å². The van der Waals surface area contributed by atoms with Gasteiger partial charge in [0.1, 0.15) is 0 Å². The van der Waals surface area contributed by atoms with Crippen LogP contribution in [0.3, 0.4) is 0 Å². The minimum absolute atomic E-state index is 0.127. The number of nitrogens with zero attached hydrogens (tertiary/aromatic N) is 4. The number of rotatable bonds is 4. The van der Waals surface area contributed by atoms with Gasteiger partial charge in [0.25, 0.3) is 5.91 Å². The van der Waals surface area contributed by atoms with Gasteiger partial charge in [-0.15, -0.1) is 0 Å². The van der Waals surface area contributed by atoms with Gasteiger partial charge in [-0.05, 0) is 36.2 Å². The molecule has 0 bridgehead atoms. The minimum atomic E-state index is 0.127. The first kappa shape index (κ1) is 20.4. The number of halogens is 1. The minimum Gasteiger partial charge on any atom is -0.337 e. The number of aromatic nitrogens is 1. The van der Waals surface area contributed by atoms with E-state index in [0.717, 1.165) is 73.7 Å². The average Bonchev–Trinajstić information content (AvgIpc) is 3.31. The highest BCUT2D eigenvalue weighted by molar-refractivity contribution is 6.30. The number of piperazine rings is 1. The number of fused-ring (bicyclic) bond motifs is 1. The third-order valence-corrected chi connectivity index (χ3v) is 6.82. The zero-order chi connectivity index (χ0) is 21.2. The molecule has 3 heterocycles. The Hall–Kier alpha value is -2.47. The lowest BCUT2D eigenvalue weighted by molar-refractivity contribution is 0.0736. The van der Waals surface area contributed by atoms with Crippen molar-refractivity contribution in [1.29, 1.82) is 0 Å². The van der Waals surface area contributed by atoms with Gasteiger partial charge in [0.15, 0.2) is 0 Å². The van der Waals surface area contributed by atoms with E-state index in [0.29, 0.717) is 6.04 Å². The van der Waals surface area contributed by atoms with Crippen LogP contribution in [0.5, 0.6) is 0 Å². The fourth-order valence-electron chi connectivity index (χ4n) is 4.81. The second-order valence-electron chi connectivity index (χ2n) is 8.51. The Kier molecular flexibility index (Phi) is 5.90. The average molecular weight is 435 g/mol. The first-order chi connectivity index (χ1) is 15.2. The third-order valence-electron chi connectivity index (χ3n) is 6.57. The molecule has 160 valence electrons. The first-order valence-corrected chi connectivity index (χ1v) is 11.4. The Morgan fingerprint density at radius 2 is 1.74 bits per heavy atom. The lowest BCUT2D eigenvalue weighted by Crippen LogP contribution is -2.50.